The average Bonchev–Trinajstić information content (AvgIpc) is 3.11. The molecule has 0 bridgehead atoms. The molecule has 2 N–H and O–H groups in total. The molecule has 0 radical (unpaired) electrons. The third kappa shape index (κ3) is 4.42. The number of anilines is 1. The summed E-state index contributed by atoms with van der Waals surface area (Å²) in [6.07, 6.45) is 0.799. The van der Waals surface area contributed by atoms with Crippen molar-refractivity contribution >= 4 is 11.9 Å². The molecule has 3 rings (SSSR count). The summed E-state index contributed by atoms with van der Waals surface area (Å²) < 4.78 is 5.17. The molecule has 6 heteroatoms. The van der Waals surface area contributed by atoms with Gasteiger partial charge >= 0.3 is 0 Å². The lowest BCUT2D eigenvalue weighted by Crippen LogP contribution is -2.31. The molecule has 0 unspecified atom stereocenters. The molecule has 0 spiro atoms. The maximum absolute atomic E-state index is 11.8. The highest BCUT2D eigenvalue weighted by Gasteiger charge is 2.09. The summed E-state index contributed by atoms with van der Waals surface area (Å²) in [5.41, 5.74) is 2.03. The Bertz CT molecular complexity index is 772. The fourth-order valence-corrected chi connectivity index (χ4v) is 2.21. The fourth-order valence-electron chi connectivity index (χ4n) is 2.21. The highest BCUT2D eigenvalue weighted by molar-refractivity contribution is 5.80. The van der Waals surface area contributed by atoms with Crippen LogP contribution in [0.2, 0.25) is 0 Å². The van der Waals surface area contributed by atoms with Crippen LogP contribution in [0.15, 0.2) is 65.2 Å². The lowest BCUT2D eigenvalue weighted by atomic mass is 10.1. The molecule has 2 aromatic carbocycles. The molecule has 24 heavy (non-hydrogen) atoms. The molecule has 0 fully saturated rings. The van der Waals surface area contributed by atoms with Crippen LogP contribution >= 0.6 is 0 Å². The van der Waals surface area contributed by atoms with Gasteiger partial charge in [-0.1, -0.05) is 48.5 Å². The molecule has 0 saturated heterocycles. The van der Waals surface area contributed by atoms with Crippen molar-refractivity contribution in [2.24, 2.45) is 0 Å². The van der Waals surface area contributed by atoms with Crippen LogP contribution in [0.5, 0.6) is 0 Å². The van der Waals surface area contributed by atoms with Gasteiger partial charge in [0.2, 0.25) is 5.91 Å². The zero-order valence-electron chi connectivity index (χ0n) is 13.1. The van der Waals surface area contributed by atoms with E-state index in [0.717, 1.165) is 12.0 Å². The summed E-state index contributed by atoms with van der Waals surface area (Å²) in [6.45, 7) is 0.689. The number of rotatable bonds is 7. The van der Waals surface area contributed by atoms with E-state index in [1.807, 2.05) is 60.7 Å². The van der Waals surface area contributed by atoms with E-state index in [0.29, 0.717) is 18.4 Å². The third-order valence-corrected chi connectivity index (χ3v) is 3.43. The molecular formula is C18H18N4O2. The SMILES string of the molecule is O=C(CNc1noc(-c2ccccc2)n1)NCCc1ccccc1. The number of hydrogen-bond acceptors (Lipinski definition) is 5. The summed E-state index contributed by atoms with van der Waals surface area (Å²) in [5, 5.41) is 9.52. The van der Waals surface area contributed by atoms with Crippen LogP contribution in [0.4, 0.5) is 5.95 Å². The van der Waals surface area contributed by atoms with Gasteiger partial charge in [-0.2, -0.15) is 4.98 Å². The maximum atomic E-state index is 11.8. The second-order valence-corrected chi connectivity index (χ2v) is 5.23. The molecule has 3 aromatic rings. The van der Waals surface area contributed by atoms with Gasteiger partial charge in [-0.25, -0.2) is 0 Å². The van der Waals surface area contributed by atoms with E-state index in [1.165, 1.54) is 5.56 Å². The number of amides is 1. The first-order valence-electron chi connectivity index (χ1n) is 7.75. The average molecular weight is 322 g/mol. The number of nitrogens with zero attached hydrogens (tertiary/aromatic N) is 2. The van der Waals surface area contributed by atoms with Crippen LogP contribution in [-0.4, -0.2) is 29.1 Å². The van der Waals surface area contributed by atoms with E-state index < -0.39 is 0 Å². The molecule has 0 atom stereocenters. The molecule has 122 valence electrons. The number of hydrogen-bond donors (Lipinski definition) is 2. The Balaban J connectivity index is 1.42. The van der Waals surface area contributed by atoms with E-state index in [2.05, 4.69) is 20.8 Å². The van der Waals surface area contributed by atoms with Gasteiger partial charge in [-0.3, -0.25) is 4.79 Å². The topological polar surface area (TPSA) is 80.1 Å². The van der Waals surface area contributed by atoms with Gasteiger partial charge in [0.15, 0.2) is 0 Å². The number of carbonyl (C=O) groups excluding carboxylic acids is 1. The number of benzene rings is 2. The van der Waals surface area contributed by atoms with Crippen molar-refractivity contribution in [2.45, 2.75) is 6.42 Å². The lowest BCUT2D eigenvalue weighted by molar-refractivity contribution is -0.119. The summed E-state index contributed by atoms with van der Waals surface area (Å²) in [4.78, 5) is 16.0. The zero-order chi connectivity index (χ0) is 16.6. The summed E-state index contributed by atoms with van der Waals surface area (Å²) in [7, 11) is 0. The van der Waals surface area contributed by atoms with Crippen LogP contribution in [-0.2, 0) is 11.2 Å². The fraction of sp³-hybridized carbons (Fsp3) is 0.167. The summed E-state index contributed by atoms with van der Waals surface area (Å²) in [6, 6.07) is 19.5. The highest BCUT2D eigenvalue weighted by atomic mass is 16.5. The quantitative estimate of drug-likeness (QED) is 0.698. The largest absolute Gasteiger partial charge is 0.354 e. The van der Waals surface area contributed by atoms with Crippen LogP contribution in [0, 0.1) is 0 Å². The van der Waals surface area contributed by atoms with Gasteiger partial charge in [-0.15, -0.1) is 0 Å². The van der Waals surface area contributed by atoms with Gasteiger partial charge < -0.3 is 15.2 Å². The van der Waals surface area contributed by atoms with E-state index in [1.54, 1.807) is 0 Å². The first-order chi connectivity index (χ1) is 11.8. The minimum atomic E-state index is -0.114. The van der Waals surface area contributed by atoms with Gasteiger partial charge in [0.05, 0.1) is 6.54 Å². The molecule has 0 saturated carbocycles. The highest BCUT2D eigenvalue weighted by Crippen LogP contribution is 2.17. The Morgan fingerprint density at radius 2 is 1.71 bits per heavy atom. The number of carbonyl (C=O) groups is 1. The smallest absolute Gasteiger partial charge is 0.264 e. The minimum Gasteiger partial charge on any atom is -0.354 e. The molecule has 1 amide bonds. The number of aromatic nitrogens is 2. The van der Waals surface area contributed by atoms with Crippen molar-refractivity contribution in [1.82, 2.24) is 15.5 Å². The minimum absolute atomic E-state index is 0.0998. The van der Waals surface area contributed by atoms with Crippen molar-refractivity contribution < 1.29 is 9.32 Å². The number of nitrogens with one attached hydrogen (secondary N) is 2. The Morgan fingerprint density at radius 1 is 1.00 bits per heavy atom. The van der Waals surface area contributed by atoms with Gasteiger partial charge in [0.1, 0.15) is 0 Å². The second kappa shape index (κ2) is 7.92. The van der Waals surface area contributed by atoms with Crippen molar-refractivity contribution in [2.75, 3.05) is 18.4 Å². The third-order valence-electron chi connectivity index (χ3n) is 3.43. The summed E-state index contributed by atoms with van der Waals surface area (Å²) in [5.74, 6) is 0.603. The lowest BCUT2D eigenvalue weighted by Gasteiger charge is -2.05. The first-order valence-corrected chi connectivity index (χ1v) is 7.75. The molecule has 1 heterocycles. The standard InChI is InChI=1S/C18H18N4O2/c23-16(19-12-11-14-7-3-1-4-8-14)13-20-18-21-17(24-22-18)15-9-5-2-6-10-15/h1-10H,11-13H2,(H,19,23)(H,20,22). The Hall–Kier alpha value is -3.15. The van der Waals surface area contributed by atoms with Crippen molar-refractivity contribution in [3.8, 4) is 11.5 Å². The second-order valence-electron chi connectivity index (χ2n) is 5.23. The van der Waals surface area contributed by atoms with Crippen molar-refractivity contribution in [1.29, 1.82) is 0 Å². The molecular weight excluding hydrogens is 304 g/mol. The van der Waals surface area contributed by atoms with E-state index in [9.17, 15) is 4.79 Å². The first kappa shape index (κ1) is 15.7. The van der Waals surface area contributed by atoms with Crippen molar-refractivity contribution in [3.63, 3.8) is 0 Å². The maximum Gasteiger partial charge on any atom is 0.264 e. The van der Waals surface area contributed by atoms with E-state index >= 15 is 0 Å². The molecule has 0 aliphatic rings. The van der Waals surface area contributed by atoms with Crippen LogP contribution in [0.25, 0.3) is 11.5 Å². The zero-order valence-corrected chi connectivity index (χ0v) is 13.1. The predicted octanol–water partition coefficient (Wildman–Crippen LogP) is 2.51. The van der Waals surface area contributed by atoms with Crippen LogP contribution in [0.1, 0.15) is 5.56 Å². The van der Waals surface area contributed by atoms with Gasteiger partial charge in [0, 0.05) is 12.1 Å². The summed E-state index contributed by atoms with van der Waals surface area (Å²) >= 11 is 0. The molecule has 0 aliphatic heterocycles. The van der Waals surface area contributed by atoms with Crippen LogP contribution in [0.3, 0.4) is 0 Å². The van der Waals surface area contributed by atoms with Gasteiger partial charge in [-0.05, 0) is 29.3 Å². The molecule has 1 aromatic heterocycles. The normalized spacial score (nSPS) is 10.3. The van der Waals surface area contributed by atoms with Crippen molar-refractivity contribution in [3.05, 3.63) is 66.2 Å². The Kier molecular flexibility index (Phi) is 5.19. The van der Waals surface area contributed by atoms with E-state index in [4.69, 9.17) is 4.52 Å². The van der Waals surface area contributed by atoms with Gasteiger partial charge in [0.25, 0.3) is 11.8 Å². The van der Waals surface area contributed by atoms with Crippen LogP contribution < -0.4 is 10.6 Å². The monoisotopic (exact) mass is 322 g/mol. The molecule has 6 nitrogen and oxygen atoms in total. The predicted molar refractivity (Wildman–Crippen MR) is 91.4 cm³/mol. The Labute approximate surface area is 139 Å². The Morgan fingerprint density at radius 3 is 2.46 bits per heavy atom. The van der Waals surface area contributed by atoms with E-state index in [-0.39, 0.29) is 12.5 Å². The molecule has 0 aliphatic carbocycles.